The van der Waals surface area contributed by atoms with Gasteiger partial charge in [-0.25, -0.2) is 0 Å². The second-order valence-electron chi connectivity index (χ2n) is 12.3. The number of benzene rings is 8. The highest BCUT2D eigenvalue weighted by molar-refractivity contribution is 6.26. The summed E-state index contributed by atoms with van der Waals surface area (Å²) in [5, 5.41) is 11.4. The van der Waals surface area contributed by atoms with Gasteiger partial charge in [0.05, 0.1) is 0 Å². The minimum Gasteiger partial charge on any atom is -0.460 e. The van der Waals surface area contributed by atoms with Crippen LogP contribution in [0.5, 0.6) is 0 Å². The zero-order chi connectivity index (χ0) is 29.5. The summed E-state index contributed by atoms with van der Waals surface area (Å²) in [4.78, 5) is 0. The maximum Gasteiger partial charge on any atom is 0.134 e. The van der Waals surface area contributed by atoms with Crippen LogP contribution in [0.2, 0.25) is 0 Å². The fraction of sp³-hybridized carbons (Fsp3) is 0.0455. The van der Waals surface area contributed by atoms with Crippen molar-refractivity contribution in [2.24, 2.45) is 0 Å². The van der Waals surface area contributed by atoms with Gasteiger partial charge in [0.25, 0.3) is 0 Å². The predicted octanol–water partition coefficient (Wildman–Crippen LogP) is 12.1. The molecule has 1 aliphatic carbocycles. The van der Waals surface area contributed by atoms with Crippen molar-refractivity contribution in [2.75, 3.05) is 0 Å². The Morgan fingerprint density at radius 2 is 0.978 bits per heavy atom. The van der Waals surface area contributed by atoms with E-state index in [9.17, 15) is 0 Å². The van der Waals surface area contributed by atoms with E-state index in [1.54, 1.807) is 0 Å². The summed E-state index contributed by atoms with van der Waals surface area (Å²) >= 11 is 0. The van der Waals surface area contributed by atoms with Crippen molar-refractivity contribution >= 4 is 54.1 Å². The summed E-state index contributed by atoms with van der Waals surface area (Å²) in [6.07, 6.45) is 1.96. The molecule has 1 heterocycles. The Labute approximate surface area is 261 Å². The molecule has 0 N–H and O–H groups in total. The Hall–Kier alpha value is -5.66. The summed E-state index contributed by atoms with van der Waals surface area (Å²) in [5.74, 6) is 1.11. The normalized spacial score (nSPS) is 12.7. The lowest BCUT2D eigenvalue weighted by molar-refractivity contribution is 0.546. The predicted molar refractivity (Wildman–Crippen MR) is 190 cm³/mol. The maximum atomic E-state index is 6.47. The fourth-order valence-electron chi connectivity index (χ4n) is 8.00. The number of furan rings is 1. The highest BCUT2D eigenvalue weighted by Gasteiger charge is 2.24. The first-order valence-electron chi connectivity index (χ1n) is 15.8. The van der Waals surface area contributed by atoms with Crippen LogP contribution >= 0.6 is 0 Å². The van der Waals surface area contributed by atoms with Crippen molar-refractivity contribution < 1.29 is 4.42 Å². The molecule has 9 aromatic rings. The lowest BCUT2D eigenvalue weighted by Crippen LogP contribution is -2.01. The van der Waals surface area contributed by atoms with E-state index in [1.807, 2.05) is 0 Å². The van der Waals surface area contributed by atoms with Gasteiger partial charge in [0.1, 0.15) is 11.3 Å². The van der Waals surface area contributed by atoms with Gasteiger partial charge in [-0.1, -0.05) is 127 Å². The van der Waals surface area contributed by atoms with E-state index in [0.29, 0.717) is 0 Å². The summed E-state index contributed by atoms with van der Waals surface area (Å²) < 4.78 is 6.47. The van der Waals surface area contributed by atoms with Gasteiger partial charge in [-0.15, -0.1) is 0 Å². The topological polar surface area (TPSA) is 13.1 Å². The van der Waals surface area contributed by atoms with Crippen molar-refractivity contribution in [3.63, 3.8) is 0 Å². The Balaban J connectivity index is 1.31. The Kier molecular flexibility index (Phi) is 5.18. The quantitative estimate of drug-likeness (QED) is 0.148. The molecule has 1 aliphatic rings. The van der Waals surface area contributed by atoms with E-state index in [-0.39, 0.29) is 0 Å². The van der Waals surface area contributed by atoms with Gasteiger partial charge in [0, 0.05) is 17.4 Å². The van der Waals surface area contributed by atoms with Crippen LogP contribution in [0.15, 0.2) is 150 Å². The zero-order valence-corrected chi connectivity index (χ0v) is 24.7. The summed E-state index contributed by atoms with van der Waals surface area (Å²) in [6.45, 7) is 0. The molecule has 1 nitrogen and oxygen atoms in total. The smallest absolute Gasteiger partial charge is 0.134 e. The van der Waals surface area contributed by atoms with Crippen LogP contribution in [0.4, 0.5) is 0 Å². The Morgan fingerprint density at radius 1 is 0.378 bits per heavy atom. The van der Waals surface area contributed by atoms with E-state index >= 15 is 0 Å². The highest BCUT2D eigenvalue weighted by atomic mass is 16.3. The van der Waals surface area contributed by atoms with Gasteiger partial charge in [-0.05, 0) is 101 Å². The molecule has 0 fully saturated rings. The lowest BCUT2D eigenvalue weighted by Gasteiger charge is -2.20. The standard InChI is InChI=1S/C44H28O/c1-4-14-31-27(11-1)21-24-41-44(31)39-26-29(22-23-40(39)45-41)42-34-17-7-9-19-36(34)43(37-20-10-8-18-35(37)42)38-25-28-12-2-3-13-30(28)32-15-5-6-16-33(32)38/h1-20,22-23,25-26H,21,24H2. The molecule has 0 bridgehead atoms. The molecule has 8 aromatic carbocycles. The Bertz CT molecular complexity index is 2600. The van der Waals surface area contributed by atoms with E-state index < -0.39 is 0 Å². The molecule has 10 rings (SSSR count). The molecule has 1 heteroatoms. The van der Waals surface area contributed by atoms with Crippen LogP contribution in [0.1, 0.15) is 11.3 Å². The number of fused-ring (bicyclic) bond motifs is 10. The van der Waals surface area contributed by atoms with E-state index in [0.717, 1.165) is 24.2 Å². The summed E-state index contributed by atoms with van der Waals surface area (Å²) in [5.41, 5.74) is 10.0. The highest BCUT2D eigenvalue weighted by Crippen LogP contribution is 2.48. The molecule has 0 radical (unpaired) electrons. The third-order valence-electron chi connectivity index (χ3n) is 9.93. The van der Waals surface area contributed by atoms with Gasteiger partial charge in [0.15, 0.2) is 0 Å². The van der Waals surface area contributed by atoms with Gasteiger partial charge < -0.3 is 4.42 Å². The van der Waals surface area contributed by atoms with Crippen LogP contribution < -0.4 is 0 Å². The number of hydrogen-bond donors (Lipinski definition) is 0. The minimum atomic E-state index is 0.941. The molecule has 0 aliphatic heterocycles. The van der Waals surface area contributed by atoms with Crippen molar-refractivity contribution in [1.29, 1.82) is 0 Å². The SMILES string of the molecule is c1ccc2c(c1)CCc1oc3ccc(-c4c5ccccc5c(-c5cc6ccccc6c6ccccc56)c5ccccc45)cc3c1-2. The van der Waals surface area contributed by atoms with Crippen molar-refractivity contribution in [3.05, 3.63) is 157 Å². The van der Waals surface area contributed by atoms with Gasteiger partial charge in [0.2, 0.25) is 0 Å². The largest absolute Gasteiger partial charge is 0.460 e. The molecule has 0 saturated heterocycles. The first kappa shape index (κ1) is 24.7. The molecule has 0 amide bonds. The third-order valence-corrected chi connectivity index (χ3v) is 9.93. The molecule has 0 atom stereocenters. The summed E-state index contributed by atoms with van der Waals surface area (Å²) in [6, 6.07) is 53.6. The molecule has 1 aromatic heterocycles. The molecular formula is C44H28O. The number of rotatable bonds is 2. The second-order valence-corrected chi connectivity index (χ2v) is 12.3. The zero-order valence-electron chi connectivity index (χ0n) is 24.7. The van der Waals surface area contributed by atoms with Crippen molar-refractivity contribution in [2.45, 2.75) is 12.8 Å². The first-order chi connectivity index (χ1) is 22.3. The number of aryl methyl sites for hydroxylation is 2. The molecule has 210 valence electrons. The van der Waals surface area contributed by atoms with Gasteiger partial charge in [-0.2, -0.15) is 0 Å². The summed E-state index contributed by atoms with van der Waals surface area (Å²) in [7, 11) is 0. The minimum absolute atomic E-state index is 0.941. The van der Waals surface area contributed by atoms with Crippen molar-refractivity contribution in [3.8, 4) is 33.4 Å². The molecule has 0 saturated carbocycles. The lowest BCUT2D eigenvalue weighted by atomic mass is 9.83. The average Bonchev–Trinajstić information content (AvgIpc) is 3.49. The fourth-order valence-corrected chi connectivity index (χ4v) is 8.00. The van der Waals surface area contributed by atoms with Crippen LogP contribution in [-0.2, 0) is 12.8 Å². The number of hydrogen-bond acceptors (Lipinski definition) is 1. The van der Waals surface area contributed by atoms with Crippen LogP contribution in [0.3, 0.4) is 0 Å². The Morgan fingerprint density at radius 3 is 1.73 bits per heavy atom. The molecule has 45 heavy (non-hydrogen) atoms. The average molecular weight is 573 g/mol. The van der Waals surface area contributed by atoms with Crippen LogP contribution in [0.25, 0.3) is 87.4 Å². The van der Waals surface area contributed by atoms with Crippen LogP contribution in [0, 0.1) is 0 Å². The molecular weight excluding hydrogens is 544 g/mol. The van der Waals surface area contributed by atoms with E-state index in [2.05, 4.69) is 146 Å². The second kappa shape index (κ2) is 9.42. The first-order valence-corrected chi connectivity index (χ1v) is 15.8. The van der Waals surface area contributed by atoms with E-state index in [1.165, 1.54) is 87.4 Å². The van der Waals surface area contributed by atoms with Gasteiger partial charge >= 0.3 is 0 Å². The third kappa shape index (κ3) is 3.56. The van der Waals surface area contributed by atoms with Crippen LogP contribution in [-0.4, -0.2) is 0 Å². The maximum absolute atomic E-state index is 6.47. The van der Waals surface area contributed by atoms with E-state index in [4.69, 9.17) is 4.42 Å². The molecule has 0 spiro atoms. The molecule has 0 unspecified atom stereocenters. The van der Waals surface area contributed by atoms with Crippen molar-refractivity contribution in [1.82, 2.24) is 0 Å². The van der Waals surface area contributed by atoms with Gasteiger partial charge in [-0.3, -0.25) is 0 Å². The monoisotopic (exact) mass is 572 g/mol.